The van der Waals surface area contributed by atoms with E-state index < -0.39 is 0 Å². The Balaban J connectivity index is 2.03. The average molecular weight is 305 g/mol. The molecule has 1 aliphatic heterocycles. The first-order valence-electron chi connectivity index (χ1n) is 6.11. The molecule has 2 aliphatic rings. The van der Waals surface area contributed by atoms with Crippen LogP contribution in [0.15, 0.2) is 12.4 Å². The molecule has 18 heavy (non-hydrogen) atoms. The molecule has 2 atom stereocenters. The first-order chi connectivity index (χ1) is 8.71. The molecule has 3 nitrogen and oxygen atoms in total. The summed E-state index contributed by atoms with van der Waals surface area (Å²) < 4.78 is 4.12. The van der Waals surface area contributed by atoms with E-state index in [1.807, 2.05) is 36.7 Å². The molecule has 6 heteroatoms. The summed E-state index contributed by atoms with van der Waals surface area (Å²) in [7, 11) is 0. The Morgan fingerprint density at radius 1 is 1.11 bits per heavy atom. The Kier molecular flexibility index (Phi) is 5.21. The predicted octanol–water partition coefficient (Wildman–Crippen LogP) is 3.06. The van der Waals surface area contributed by atoms with E-state index in [4.69, 9.17) is 0 Å². The van der Waals surface area contributed by atoms with Gasteiger partial charge in [-0.15, -0.1) is 0 Å². The van der Waals surface area contributed by atoms with Crippen molar-refractivity contribution in [1.82, 2.24) is 8.61 Å². The number of thioether (sulfide) groups is 1. The zero-order chi connectivity index (χ0) is 13.1. The van der Waals surface area contributed by atoms with Crippen molar-refractivity contribution >= 4 is 41.4 Å². The third-order valence-corrected chi connectivity index (χ3v) is 6.22. The lowest BCUT2D eigenvalue weighted by atomic mass is 10.0. The maximum absolute atomic E-state index is 12.7. The Bertz CT molecular complexity index is 323. The van der Waals surface area contributed by atoms with Crippen molar-refractivity contribution < 1.29 is 4.79 Å². The van der Waals surface area contributed by atoms with Gasteiger partial charge in [0.05, 0.1) is 0 Å². The minimum Gasteiger partial charge on any atom is -0.295 e. The molecule has 1 fully saturated rings. The molecule has 0 aromatic carbocycles. The van der Waals surface area contributed by atoms with E-state index in [9.17, 15) is 4.79 Å². The van der Waals surface area contributed by atoms with E-state index in [1.54, 1.807) is 23.9 Å². The number of rotatable bonds is 5. The SMILES string of the molecule is CS[C@@H]1CC[C@H](C(=O)C2N(SC)C=CN2SC)C1. The molecule has 0 bridgehead atoms. The third-order valence-electron chi connectivity index (χ3n) is 3.64. The molecule has 0 unspecified atom stereocenters. The maximum atomic E-state index is 12.7. The molecular formula is C12H20N2OS3. The fourth-order valence-electron chi connectivity index (χ4n) is 2.60. The molecule has 102 valence electrons. The van der Waals surface area contributed by atoms with Crippen molar-refractivity contribution in [3.05, 3.63) is 12.4 Å². The molecular weight excluding hydrogens is 284 g/mol. The monoisotopic (exact) mass is 304 g/mol. The summed E-state index contributed by atoms with van der Waals surface area (Å²) in [5.74, 6) is 0.636. The van der Waals surface area contributed by atoms with E-state index in [-0.39, 0.29) is 12.1 Å². The van der Waals surface area contributed by atoms with Gasteiger partial charge in [0.2, 0.25) is 0 Å². The van der Waals surface area contributed by atoms with Gasteiger partial charge in [-0.1, -0.05) is 23.9 Å². The van der Waals surface area contributed by atoms with Gasteiger partial charge in [-0.3, -0.25) is 13.4 Å². The van der Waals surface area contributed by atoms with Gasteiger partial charge in [0, 0.05) is 36.1 Å². The van der Waals surface area contributed by atoms with Crippen molar-refractivity contribution in [1.29, 1.82) is 0 Å². The second kappa shape index (κ2) is 6.48. The van der Waals surface area contributed by atoms with Gasteiger partial charge in [-0.25, -0.2) is 0 Å². The van der Waals surface area contributed by atoms with Gasteiger partial charge in [-0.05, 0) is 25.5 Å². The van der Waals surface area contributed by atoms with Crippen LogP contribution in [-0.4, -0.2) is 44.6 Å². The quantitative estimate of drug-likeness (QED) is 0.724. The van der Waals surface area contributed by atoms with Crippen LogP contribution in [0.5, 0.6) is 0 Å². The van der Waals surface area contributed by atoms with Gasteiger partial charge in [0.1, 0.15) is 0 Å². The topological polar surface area (TPSA) is 23.6 Å². The fraction of sp³-hybridized carbons (Fsp3) is 0.750. The Labute approximate surface area is 122 Å². The van der Waals surface area contributed by atoms with Gasteiger partial charge in [-0.2, -0.15) is 11.8 Å². The summed E-state index contributed by atoms with van der Waals surface area (Å²) in [6, 6.07) is 0. The number of ketones is 1. The Hall–Kier alpha value is 0.0600. The van der Waals surface area contributed by atoms with Crippen LogP contribution in [0.4, 0.5) is 0 Å². The molecule has 0 N–H and O–H groups in total. The highest BCUT2D eigenvalue weighted by Crippen LogP contribution is 2.37. The Morgan fingerprint density at radius 3 is 2.17 bits per heavy atom. The van der Waals surface area contributed by atoms with Crippen LogP contribution in [0.25, 0.3) is 0 Å². The highest BCUT2D eigenvalue weighted by molar-refractivity contribution is 7.99. The number of Topliss-reactive ketones (excluding diaryl/α,β-unsaturated/α-hetero) is 1. The fourth-order valence-corrected chi connectivity index (χ4v) is 4.62. The molecule has 0 aromatic rings. The first kappa shape index (κ1) is 14.5. The van der Waals surface area contributed by atoms with Crippen molar-refractivity contribution in [3.63, 3.8) is 0 Å². The summed E-state index contributed by atoms with van der Waals surface area (Å²) >= 11 is 5.14. The van der Waals surface area contributed by atoms with Crippen LogP contribution in [0.2, 0.25) is 0 Å². The number of hydrogen-bond acceptors (Lipinski definition) is 6. The first-order valence-corrected chi connectivity index (χ1v) is 9.76. The van der Waals surface area contributed by atoms with Crippen LogP contribution in [0.3, 0.4) is 0 Å². The van der Waals surface area contributed by atoms with Crippen molar-refractivity contribution in [2.45, 2.75) is 30.7 Å². The smallest absolute Gasteiger partial charge is 0.180 e. The summed E-state index contributed by atoms with van der Waals surface area (Å²) in [5, 5.41) is 0.679. The zero-order valence-corrected chi connectivity index (χ0v) is 13.5. The van der Waals surface area contributed by atoms with E-state index in [0.717, 1.165) is 12.8 Å². The lowest BCUT2D eigenvalue weighted by Gasteiger charge is -2.30. The van der Waals surface area contributed by atoms with Gasteiger partial charge >= 0.3 is 0 Å². The van der Waals surface area contributed by atoms with Crippen molar-refractivity contribution in [2.24, 2.45) is 5.92 Å². The van der Waals surface area contributed by atoms with Gasteiger partial charge in [0.25, 0.3) is 0 Å². The van der Waals surface area contributed by atoms with Crippen LogP contribution in [0, 0.1) is 5.92 Å². The van der Waals surface area contributed by atoms with Crippen molar-refractivity contribution in [3.8, 4) is 0 Å². The third kappa shape index (κ3) is 2.80. The second-order valence-electron chi connectivity index (χ2n) is 4.53. The molecule has 2 rings (SSSR count). The molecule has 0 radical (unpaired) electrons. The van der Waals surface area contributed by atoms with Crippen LogP contribution in [-0.2, 0) is 4.79 Å². The molecule has 0 aromatic heterocycles. The van der Waals surface area contributed by atoms with Gasteiger partial charge in [0.15, 0.2) is 11.9 Å². The molecule has 0 amide bonds. The van der Waals surface area contributed by atoms with Crippen LogP contribution < -0.4 is 0 Å². The molecule has 0 spiro atoms. The standard InChI is InChI=1S/C12H20N2OS3/c1-16-10-5-4-9(8-10)11(15)12-13(17-2)6-7-14(12)18-3/h6-7,9-10,12H,4-5,8H2,1-3H3/t9-,10+/m0/s1. The number of hydrogen-bond donors (Lipinski definition) is 0. The van der Waals surface area contributed by atoms with E-state index in [1.165, 1.54) is 6.42 Å². The summed E-state index contributed by atoms with van der Waals surface area (Å²) in [5.41, 5.74) is 0. The predicted molar refractivity (Wildman–Crippen MR) is 83.3 cm³/mol. The average Bonchev–Trinajstić information content (AvgIpc) is 3.03. The molecule has 1 saturated carbocycles. The highest BCUT2D eigenvalue weighted by Gasteiger charge is 2.39. The lowest BCUT2D eigenvalue weighted by molar-refractivity contribution is -0.127. The van der Waals surface area contributed by atoms with Gasteiger partial charge < -0.3 is 0 Å². The van der Waals surface area contributed by atoms with Crippen LogP contribution >= 0.6 is 35.7 Å². The summed E-state index contributed by atoms with van der Waals surface area (Å²) in [6.45, 7) is 0. The lowest BCUT2D eigenvalue weighted by Crippen LogP contribution is -2.42. The zero-order valence-electron chi connectivity index (χ0n) is 11.0. The molecule has 0 saturated heterocycles. The maximum Gasteiger partial charge on any atom is 0.180 e. The largest absolute Gasteiger partial charge is 0.295 e. The number of carbonyl (C=O) groups is 1. The second-order valence-corrected chi connectivity index (χ2v) is 7.24. The van der Waals surface area contributed by atoms with E-state index in [2.05, 4.69) is 14.9 Å². The van der Waals surface area contributed by atoms with E-state index in [0.29, 0.717) is 11.0 Å². The molecule has 1 aliphatic carbocycles. The van der Waals surface area contributed by atoms with Crippen LogP contribution in [0.1, 0.15) is 19.3 Å². The highest BCUT2D eigenvalue weighted by atomic mass is 32.2. The van der Waals surface area contributed by atoms with Crippen molar-refractivity contribution in [2.75, 3.05) is 18.8 Å². The number of nitrogens with zero attached hydrogens (tertiary/aromatic N) is 2. The minimum atomic E-state index is -0.111. The summed E-state index contributed by atoms with van der Waals surface area (Å²) in [4.78, 5) is 12.7. The summed E-state index contributed by atoms with van der Waals surface area (Å²) in [6.07, 6.45) is 13.4. The minimum absolute atomic E-state index is 0.111. The van der Waals surface area contributed by atoms with E-state index >= 15 is 0 Å². The number of carbonyl (C=O) groups excluding carboxylic acids is 1. The normalized spacial score (nSPS) is 28.4. The Morgan fingerprint density at radius 2 is 1.72 bits per heavy atom. The molecule has 1 heterocycles.